The summed E-state index contributed by atoms with van der Waals surface area (Å²) in [6.45, 7) is 4.17. The molecule has 0 amide bonds. The van der Waals surface area contributed by atoms with Crippen molar-refractivity contribution in [3.05, 3.63) is 75.4 Å². The molecule has 0 atom stereocenters. The van der Waals surface area contributed by atoms with Gasteiger partial charge in [-0.3, -0.25) is 0 Å². The average Bonchev–Trinajstić information content (AvgIpc) is 2.85. The Morgan fingerprint density at radius 3 is 2.33 bits per heavy atom. The fourth-order valence-corrected chi connectivity index (χ4v) is 2.98. The minimum Gasteiger partial charge on any atom is -0.314 e. The van der Waals surface area contributed by atoms with Gasteiger partial charge in [0.05, 0.1) is 11.4 Å². The summed E-state index contributed by atoms with van der Waals surface area (Å²) < 4.78 is 3.34. The molecule has 2 aromatic carbocycles. The van der Waals surface area contributed by atoms with Crippen molar-refractivity contribution in [2.45, 2.75) is 13.8 Å². The smallest absolute Gasteiger partial charge is 0.0531 e. The maximum atomic E-state index is 6.28. The number of aryl methyl sites for hydroxylation is 1. The van der Waals surface area contributed by atoms with Crippen LogP contribution in [0.5, 0.6) is 0 Å². The second-order valence-electron chi connectivity index (χ2n) is 5.09. The quantitative estimate of drug-likeness (QED) is 0.514. The van der Waals surface area contributed by atoms with E-state index in [1.165, 1.54) is 17.0 Å². The average molecular weight is 361 g/mol. The van der Waals surface area contributed by atoms with Crippen LogP contribution in [0.1, 0.15) is 11.3 Å². The minimum absolute atomic E-state index is 0.794. The van der Waals surface area contributed by atoms with Gasteiger partial charge in [-0.05, 0) is 61.4 Å². The molecule has 0 aliphatic carbocycles. The van der Waals surface area contributed by atoms with Gasteiger partial charge in [0.15, 0.2) is 0 Å². The fraction of sp³-hybridized carbons (Fsp3) is 0.111. The van der Waals surface area contributed by atoms with Crippen molar-refractivity contribution in [1.29, 1.82) is 0 Å². The number of benzene rings is 2. The van der Waals surface area contributed by atoms with Gasteiger partial charge in [-0.1, -0.05) is 45.7 Å². The predicted octanol–water partition coefficient (Wildman–Crippen LogP) is 6.18. The van der Waals surface area contributed by atoms with Gasteiger partial charge in [-0.2, -0.15) is 0 Å². The Balaban J connectivity index is 2.22. The molecule has 0 N–H and O–H groups in total. The fourth-order valence-electron chi connectivity index (χ4n) is 2.54. The van der Waals surface area contributed by atoms with Crippen molar-refractivity contribution in [2.24, 2.45) is 0 Å². The van der Waals surface area contributed by atoms with E-state index >= 15 is 0 Å². The summed E-state index contributed by atoms with van der Waals surface area (Å²) in [5.41, 5.74) is 5.77. The summed E-state index contributed by atoms with van der Waals surface area (Å²) in [5.74, 6) is 0. The molecule has 0 radical (unpaired) electrons. The number of aromatic nitrogens is 1. The van der Waals surface area contributed by atoms with E-state index in [0.29, 0.717) is 0 Å². The molecule has 0 aliphatic heterocycles. The highest BCUT2D eigenvalue weighted by Gasteiger charge is 2.12. The van der Waals surface area contributed by atoms with Crippen molar-refractivity contribution in [2.75, 3.05) is 0 Å². The molecule has 0 saturated heterocycles. The SMILES string of the molecule is Cc1c(Cl)cccc1-n1c(C)ccc1-c1ccc(Br)cc1. The second kappa shape index (κ2) is 5.70. The molecule has 0 spiro atoms. The Labute approximate surface area is 138 Å². The Morgan fingerprint density at radius 2 is 1.62 bits per heavy atom. The van der Waals surface area contributed by atoms with Crippen LogP contribution in [0.15, 0.2) is 59.1 Å². The van der Waals surface area contributed by atoms with Gasteiger partial charge < -0.3 is 4.57 Å². The molecule has 3 aromatic rings. The van der Waals surface area contributed by atoms with Crippen LogP contribution < -0.4 is 0 Å². The molecule has 0 saturated carbocycles. The molecular formula is C18H15BrClN. The van der Waals surface area contributed by atoms with E-state index in [1.54, 1.807) is 0 Å². The van der Waals surface area contributed by atoms with Gasteiger partial charge in [0.2, 0.25) is 0 Å². The Morgan fingerprint density at radius 1 is 0.905 bits per heavy atom. The minimum atomic E-state index is 0.794. The monoisotopic (exact) mass is 359 g/mol. The zero-order chi connectivity index (χ0) is 15.0. The first-order valence-corrected chi connectivity index (χ1v) is 7.95. The van der Waals surface area contributed by atoms with Crippen LogP contribution in [0.3, 0.4) is 0 Å². The molecule has 1 nitrogen and oxygen atoms in total. The number of halogens is 2. The van der Waals surface area contributed by atoms with Crippen LogP contribution in [0.2, 0.25) is 5.02 Å². The van der Waals surface area contributed by atoms with Gasteiger partial charge in [-0.25, -0.2) is 0 Å². The Hall–Kier alpha value is -1.51. The van der Waals surface area contributed by atoms with E-state index in [2.05, 4.69) is 76.8 Å². The number of hydrogen-bond donors (Lipinski definition) is 0. The highest BCUT2D eigenvalue weighted by molar-refractivity contribution is 9.10. The summed E-state index contributed by atoms with van der Waals surface area (Å²) in [6, 6.07) is 18.7. The number of rotatable bonds is 2. The molecule has 106 valence electrons. The van der Waals surface area contributed by atoms with Gasteiger partial charge in [0, 0.05) is 15.2 Å². The molecule has 0 unspecified atom stereocenters. The van der Waals surface area contributed by atoms with Gasteiger partial charge in [0.25, 0.3) is 0 Å². The highest BCUT2D eigenvalue weighted by atomic mass is 79.9. The van der Waals surface area contributed by atoms with E-state index < -0.39 is 0 Å². The van der Waals surface area contributed by atoms with Gasteiger partial charge in [-0.15, -0.1) is 0 Å². The lowest BCUT2D eigenvalue weighted by atomic mass is 10.1. The van der Waals surface area contributed by atoms with Gasteiger partial charge in [0.1, 0.15) is 0 Å². The summed E-state index contributed by atoms with van der Waals surface area (Å²) in [7, 11) is 0. The maximum Gasteiger partial charge on any atom is 0.0531 e. The largest absolute Gasteiger partial charge is 0.314 e. The van der Waals surface area contributed by atoms with Crippen LogP contribution in [-0.4, -0.2) is 4.57 Å². The first-order valence-electron chi connectivity index (χ1n) is 6.77. The highest BCUT2D eigenvalue weighted by Crippen LogP contribution is 2.31. The third kappa shape index (κ3) is 2.66. The van der Waals surface area contributed by atoms with Crippen molar-refractivity contribution >= 4 is 27.5 Å². The van der Waals surface area contributed by atoms with E-state index in [-0.39, 0.29) is 0 Å². The van der Waals surface area contributed by atoms with E-state index in [9.17, 15) is 0 Å². The van der Waals surface area contributed by atoms with E-state index in [4.69, 9.17) is 11.6 Å². The molecule has 21 heavy (non-hydrogen) atoms. The maximum absolute atomic E-state index is 6.28. The first-order chi connectivity index (χ1) is 10.1. The zero-order valence-corrected chi connectivity index (χ0v) is 14.2. The molecule has 0 aliphatic rings. The summed E-state index contributed by atoms with van der Waals surface area (Å²) in [4.78, 5) is 0. The molecule has 0 bridgehead atoms. The lowest BCUT2D eigenvalue weighted by Gasteiger charge is -2.15. The topological polar surface area (TPSA) is 4.93 Å². The molecule has 3 rings (SSSR count). The Kier molecular flexibility index (Phi) is 3.92. The van der Waals surface area contributed by atoms with E-state index in [0.717, 1.165) is 20.7 Å². The standard InChI is InChI=1S/C18H15BrClN/c1-12-6-11-18(14-7-9-15(19)10-8-14)21(12)17-5-3-4-16(20)13(17)2/h3-11H,1-2H3. The number of hydrogen-bond acceptors (Lipinski definition) is 0. The summed E-state index contributed by atoms with van der Waals surface area (Å²) in [5, 5.41) is 0.794. The third-order valence-electron chi connectivity index (χ3n) is 3.70. The summed E-state index contributed by atoms with van der Waals surface area (Å²) in [6.07, 6.45) is 0. The van der Waals surface area contributed by atoms with Crippen LogP contribution in [0.25, 0.3) is 16.9 Å². The van der Waals surface area contributed by atoms with Crippen molar-refractivity contribution < 1.29 is 0 Å². The second-order valence-corrected chi connectivity index (χ2v) is 6.41. The predicted molar refractivity (Wildman–Crippen MR) is 93.4 cm³/mol. The van der Waals surface area contributed by atoms with E-state index in [1.807, 2.05) is 12.1 Å². The zero-order valence-electron chi connectivity index (χ0n) is 11.9. The molecule has 1 aromatic heterocycles. The van der Waals surface area contributed by atoms with Crippen LogP contribution >= 0.6 is 27.5 Å². The van der Waals surface area contributed by atoms with Crippen LogP contribution in [-0.2, 0) is 0 Å². The first kappa shape index (κ1) is 14.4. The van der Waals surface area contributed by atoms with Crippen molar-refractivity contribution in [3.8, 4) is 16.9 Å². The van der Waals surface area contributed by atoms with Crippen LogP contribution in [0, 0.1) is 13.8 Å². The molecular weight excluding hydrogens is 346 g/mol. The summed E-state index contributed by atoms with van der Waals surface area (Å²) >= 11 is 9.77. The Bertz CT molecular complexity index is 787. The number of nitrogens with zero attached hydrogens (tertiary/aromatic N) is 1. The molecule has 3 heteroatoms. The lowest BCUT2D eigenvalue weighted by molar-refractivity contribution is 1.01. The normalized spacial score (nSPS) is 10.9. The van der Waals surface area contributed by atoms with Crippen LogP contribution in [0.4, 0.5) is 0 Å². The molecule has 0 fully saturated rings. The van der Waals surface area contributed by atoms with Crippen molar-refractivity contribution in [3.63, 3.8) is 0 Å². The lowest BCUT2D eigenvalue weighted by Crippen LogP contribution is -2.01. The van der Waals surface area contributed by atoms with Crippen molar-refractivity contribution in [1.82, 2.24) is 4.57 Å². The third-order valence-corrected chi connectivity index (χ3v) is 4.63. The van der Waals surface area contributed by atoms with Gasteiger partial charge >= 0.3 is 0 Å². The molecule has 1 heterocycles.